The van der Waals surface area contributed by atoms with E-state index in [0.717, 1.165) is 6.42 Å². The third-order valence-corrected chi connectivity index (χ3v) is 2.65. The van der Waals surface area contributed by atoms with Gasteiger partial charge in [0, 0.05) is 5.56 Å². The lowest BCUT2D eigenvalue weighted by Gasteiger charge is -2.13. The number of hydrogen-bond acceptors (Lipinski definition) is 3. The van der Waals surface area contributed by atoms with Crippen LogP contribution in [0.3, 0.4) is 0 Å². The molecule has 0 saturated heterocycles. The minimum Gasteiger partial charge on any atom is -0.507 e. The molecule has 2 N–H and O–H groups in total. The first kappa shape index (κ1) is 12.0. The second-order valence-corrected chi connectivity index (χ2v) is 3.70. The predicted octanol–water partition coefficient (Wildman–Crippen LogP) is 2.69. The Morgan fingerprint density at radius 1 is 1.53 bits per heavy atom. The fraction of sp³-hybridized carbons (Fsp3) is 0.364. The molecule has 0 aliphatic rings. The molecule has 0 aliphatic heterocycles. The molecule has 4 heteroatoms. The van der Waals surface area contributed by atoms with Crippen LogP contribution in [0.25, 0.3) is 0 Å². The SMILES string of the molecule is CCCC(O)c1ccc(O)c(C=O)c1Cl. The van der Waals surface area contributed by atoms with E-state index >= 15 is 0 Å². The van der Waals surface area contributed by atoms with Crippen molar-refractivity contribution in [1.29, 1.82) is 0 Å². The topological polar surface area (TPSA) is 57.5 Å². The Bertz CT molecular complexity index is 363. The summed E-state index contributed by atoms with van der Waals surface area (Å²) in [7, 11) is 0. The highest BCUT2D eigenvalue weighted by Gasteiger charge is 2.15. The van der Waals surface area contributed by atoms with Gasteiger partial charge in [-0.25, -0.2) is 0 Å². The molecule has 0 aliphatic carbocycles. The Balaban J connectivity index is 3.15. The predicted molar refractivity (Wildman–Crippen MR) is 58.4 cm³/mol. The minimum absolute atomic E-state index is 0.0318. The number of aliphatic hydroxyl groups is 1. The molecule has 0 amide bonds. The van der Waals surface area contributed by atoms with Gasteiger partial charge in [-0.2, -0.15) is 0 Å². The maximum Gasteiger partial charge on any atom is 0.155 e. The lowest BCUT2D eigenvalue weighted by molar-refractivity contribution is 0.112. The van der Waals surface area contributed by atoms with Crippen molar-refractivity contribution >= 4 is 17.9 Å². The number of rotatable bonds is 4. The summed E-state index contributed by atoms with van der Waals surface area (Å²) in [6.07, 6.45) is 1.18. The van der Waals surface area contributed by atoms with Crippen molar-refractivity contribution in [3.63, 3.8) is 0 Å². The molecular formula is C11H13ClO3. The highest BCUT2D eigenvalue weighted by molar-refractivity contribution is 6.34. The fourth-order valence-electron chi connectivity index (χ4n) is 1.40. The molecule has 0 bridgehead atoms. The van der Waals surface area contributed by atoms with E-state index in [1.165, 1.54) is 12.1 Å². The number of carbonyl (C=O) groups is 1. The van der Waals surface area contributed by atoms with Crippen LogP contribution in [0.5, 0.6) is 5.75 Å². The van der Waals surface area contributed by atoms with Gasteiger partial charge in [0.15, 0.2) is 6.29 Å². The number of halogens is 1. The molecule has 3 nitrogen and oxygen atoms in total. The third-order valence-electron chi connectivity index (χ3n) is 2.23. The highest BCUT2D eigenvalue weighted by Crippen LogP contribution is 2.32. The summed E-state index contributed by atoms with van der Waals surface area (Å²) in [6, 6.07) is 2.90. The number of aliphatic hydroxyl groups excluding tert-OH is 1. The van der Waals surface area contributed by atoms with Gasteiger partial charge in [-0.3, -0.25) is 4.79 Å². The molecular weight excluding hydrogens is 216 g/mol. The van der Waals surface area contributed by atoms with Crippen LogP contribution in [0.2, 0.25) is 5.02 Å². The summed E-state index contributed by atoms with van der Waals surface area (Å²) in [6.45, 7) is 1.94. The van der Waals surface area contributed by atoms with Gasteiger partial charge in [0.1, 0.15) is 5.75 Å². The normalized spacial score (nSPS) is 12.5. The van der Waals surface area contributed by atoms with Crippen molar-refractivity contribution in [2.45, 2.75) is 25.9 Å². The van der Waals surface area contributed by atoms with E-state index in [1.807, 2.05) is 6.92 Å². The minimum atomic E-state index is -0.693. The van der Waals surface area contributed by atoms with Crippen LogP contribution in [0.1, 0.15) is 41.8 Å². The van der Waals surface area contributed by atoms with Gasteiger partial charge in [-0.1, -0.05) is 31.0 Å². The quantitative estimate of drug-likeness (QED) is 0.779. The van der Waals surface area contributed by atoms with Crippen LogP contribution in [0.4, 0.5) is 0 Å². The number of phenols is 1. The van der Waals surface area contributed by atoms with Crippen molar-refractivity contribution < 1.29 is 15.0 Å². The molecule has 0 spiro atoms. The maximum absolute atomic E-state index is 10.7. The Morgan fingerprint density at radius 3 is 2.73 bits per heavy atom. The number of phenolic OH excluding ortho intramolecular Hbond substituents is 1. The van der Waals surface area contributed by atoms with Gasteiger partial charge in [-0.15, -0.1) is 0 Å². The van der Waals surface area contributed by atoms with Crippen LogP contribution < -0.4 is 0 Å². The smallest absolute Gasteiger partial charge is 0.155 e. The van der Waals surface area contributed by atoms with Crippen LogP contribution in [-0.2, 0) is 0 Å². The number of aromatic hydroxyl groups is 1. The molecule has 0 radical (unpaired) electrons. The summed E-state index contributed by atoms with van der Waals surface area (Å²) in [5.74, 6) is -0.164. The largest absolute Gasteiger partial charge is 0.507 e. The van der Waals surface area contributed by atoms with Crippen LogP contribution >= 0.6 is 11.6 Å². The van der Waals surface area contributed by atoms with Crippen molar-refractivity contribution in [2.24, 2.45) is 0 Å². The van der Waals surface area contributed by atoms with Crippen molar-refractivity contribution in [2.75, 3.05) is 0 Å². The van der Waals surface area contributed by atoms with Crippen LogP contribution in [0.15, 0.2) is 12.1 Å². The average Bonchev–Trinajstić information content (AvgIpc) is 2.18. The van der Waals surface area contributed by atoms with E-state index in [2.05, 4.69) is 0 Å². The summed E-state index contributed by atoms with van der Waals surface area (Å²) < 4.78 is 0. The summed E-state index contributed by atoms with van der Waals surface area (Å²) in [5, 5.41) is 19.2. The van der Waals surface area contributed by atoms with E-state index in [0.29, 0.717) is 18.3 Å². The lowest BCUT2D eigenvalue weighted by Crippen LogP contribution is -1.99. The molecule has 1 aromatic rings. The molecule has 1 aromatic carbocycles. The third kappa shape index (κ3) is 2.49. The van der Waals surface area contributed by atoms with E-state index < -0.39 is 6.10 Å². The number of hydrogen-bond donors (Lipinski definition) is 2. The molecule has 1 unspecified atom stereocenters. The van der Waals surface area contributed by atoms with Gasteiger partial charge in [-0.05, 0) is 12.5 Å². The fourth-order valence-corrected chi connectivity index (χ4v) is 1.73. The molecule has 0 heterocycles. The van der Waals surface area contributed by atoms with Gasteiger partial charge >= 0.3 is 0 Å². The number of carbonyl (C=O) groups excluding carboxylic acids is 1. The standard InChI is InChI=1S/C11H13ClO3/c1-2-3-9(14)7-4-5-10(15)8(6-13)11(7)12/h4-6,9,14-15H,2-3H2,1H3. The highest BCUT2D eigenvalue weighted by atomic mass is 35.5. The number of benzene rings is 1. The maximum atomic E-state index is 10.7. The molecule has 82 valence electrons. The zero-order valence-corrected chi connectivity index (χ0v) is 9.16. The summed E-state index contributed by atoms with van der Waals surface area (Å²) in [4.78, 5) is 10.7. The zero-order valence-electron chi connectivity index (χ0n) is 8.40. The van der Waals surface area contributed by atoms with E-state index in [4.69, 9.17) is 11.6 Å². The van der Waals surface area contributed by atoms with Gasteiger partial charge in [0.25, 0.3) is 0 Å². The molecule has 1 rings (SSSR count). The van der Waals surface area contributed by atoms with E-state index in [9.17, 15) is 15.0 Å². The lowest BCUT2D eigenvalue weighted by atomic mass is 10.0. The molecule has 1 atom stereocenters. The molecule has 0 saturated carbocycles. The first-order chi connectivity index (χ1) is 7.11. The average molecular weight is 229 g/mol. The van der Waals surface area contributed by atoms with Crippen molar-refractivity contribution in [3.05, 3.63) is 28.3 Å². The Hall–Kier alpha value is -1.06. The second-order valence-electron chi connectivity index (χ2n) is 3.32. The van der Waals surface area contributed by atoms with E-state index in [1.54, 1.807) is 0 Å². The molecule has 0 aromatic heterocycles. The van der Waals surface area contributed by atoms with Crippen LogP contribution in [0, 0.1) is 0 Å². The van der Waals surface area contributed by atoms with Gasteiger partial charge in [0.2, 0.25) is 0 Å². The second kappa shape index (κ2) is 5.14. The first-order valence-corrected chi connectivity index (χ1v) is 5.14. The van der Waals surface area contributed by atoms with E-state index in [-0.39, 0.29) is 16.3 Å². The summed E-state index contributed by atoms with van der Waals surface area (Å²) in [5.41, 5.74) is 0.516. The molecule has 15 heavy (non-hydrogen) atoms. The van der Waals surface area contributed by atoms with Gasteiger partial charge < -0.3 is 10.2 Å². The Morgan fingerprint density at radius 2 is 2.20 bits per heavy atom. The van der Waals surface area contributed by atoms with Gasteiger partial charge in [0.05, 0.1) is 16.7 Å². The monoisotopic (exact) mass is 228 g/mol. The first-order valence-electron chi connectivity index (χ1n) is 4.76. The summed E-state index contributed by atoms with van der Waals surface area (Å²) >= 11 is 5.89. The Kier molecular flexibility index (Phi) is 4.12. The zero-order chi connectivity index (χ0) is 11.4. The Labute approximate surface area is 93.3 Å². The number of aldehydes is 1. The van der Waals surface area contributed by atoms with Crippen LogP contribution in [-0.4, -0.2) is 16.5 Å². The molecule has 0 fully saturated rings. The van der Waals surface area contributed by atoms with Crippen molar-refractivity contribution in [1.82, 2.24) is 0 Å². The van der Waals surface area contributed by atoms with Crippen molar-refractivity contribution in [3.8, 4) is 5.75 Å².